The quantitative estimate of drug-likeness (QED) is 0.0330. The second-order valence-corrected chi connectivity index (χ2v) is 26.5. The molecule has 20 heteroatoms. The minimum Gasteiger partial charge on any atom is -0.748 e. The zero-order valence-corrected chi connectivity index (χ0v) is 43.0. The maximum Gasteiger partial charge on any atom is 0.395 e. The van der Waals surface area contributed by atoms with Gasteiger partial charge in [0.15, 0.2) is 26.7 Å². The summed E-state index contributed by atoms with van der Waals surface area (Å²) in [5.41, 5.74) is 6.21. The summed E-state index contributed by atoms with van der Waals surface area (Å²) in [5, 5.41) is 13.8. The van der Waals surface area contributed by atoms with Crippen molar-refractivity contribution in [2.24, 2.45) is 0 Å². The zero-order chi connectivity index (χ0) is 49.3. The predicted octanol–water partition coefficient (Wildman–Crippen LogP) is 6.56. The molecule has 0 atom stereocenters. The number of nitrogens with zero attached hydrogens (tertiary/aromatic N) is 3. The Balaban J connectivity index is 1.49. The number of sulfone groups is 2. The van der Waals surface area contributed by atoms with Crippen LogP contribution in [0, 0.1) is 6.92 Å². The Bertz CT molecular complexity index is 3030. The van der Waals surface area contributed by atoms with Crippen LogP contribution in [-0.2, 0) is 60.0 Å². The first-order valence-electron chi connectivity index (χ1n) is 21.7. The van der Waals surface area contributed by atoms with Crippen LogP contribution in [0.2, 0.25) is 0 Å². The number of benzene rings is 3. The van der Waals surface area contributed by atoms with Crippen LogP contribution in [0.15, 0.2) is 122 Å². The van der Waals surface area contributed by atoms with Gasteiger partial charge in [-0.3, -0.25) is 5.04 Å². The Morgan fingerprint density at radius 1 is 0.672 bits per heavy atom. The van der Waals surface area contributed by atoms with Crippen molar-refractivity contribution >= 4 is 68.9 Å². The van der Waals surface area contributed by atoms with E-state index < -0.39 is 56.4 Å². The first-order chi connectivity index (χ1) is 31.2. The molecule has 0 bridgehead atoms. The van der Waals surface area contributed by atoms with Gasteiger partial charge in [0.25, 0.3) is 0 Å². The van der Waals surface area contributed by atoms with Crippen LogP contribution >= 0.6 is 12.0 Å². The van der Waals surface area contributed by atoms with Crippen LogP contribution in [0.3, 0.4) is 0 Å². The van der Waals surface area contributed by atoms with Crippen molar-refractivity contribution in [3.63, 3.8) is 0 Å². The number of allylic oxidation sites excluding steroid dienone is 8. The van der Waals surface area contributed by atoms with E-state index in [0.29, 0.717) is 56.7 Å². The maximum atomic E-state index is 14.5. The third-order valence-electron chi connectivity index (χ3n) is 12.7. The Morgan fingerprint density at radius 2 is 1.12 bits per heavy atom. The average molecular weight is 1020 g/mol. The minimum atomic E-state index is -4.43. The molecule has 0 amide bonds. The molecule has 0 unspecified atom stereocenters. The highest BCUT2D eigenvalue weighted by Crippen LogP contribution is 2.50. The smallest absolute Gasteiger partial charge is 0.395 e. The van der Waals surface area contributed by atoms with Gasteiger partial charge in [-0.2, -0.15) is 12.8 Å². The van der Waals surface area contributed by atoms with Gasteiger partial charge in [0, 0.05) is 93.9 Å². The van der Waals surface area contributed by atoms with Gasteiger partial charge in [-0.15, -0.1) is 3.98 Å². The molecule has 2 aliphatic heterocycles. The van der Waals surface area contributed by atoms with Crippen LogP contribution < -0.4 is 15.1 Å². The van der Waals surface area contributed by atoms with Crippen LogP contribution in [-0.4, -0.2) is 92.1 Å². The number of anilines is 2. The number of fused-ring (bicyclic) bond motifs is 2. The van der Waals surface area contributed by atoms with Crippen LogP contribution in [0.4, 0.5) is 11.4 Å². The normalized spacial score (nSPS) is 20.4. The summed E-state index contributed by atoms with van der Waals surface area (Å²) in [6.07, 6.45) is 12.8. The van der Waals surface area contributed by atoms with Gasteiger partial charge in [-0.25, -0.2) is 25.3 Å². The lowest BCUT2D eigenvalue weighted by molar-refractivity contribution is -0.777. The molecular formula is C47H58N3O12S5-. The highest BCUT2D eigenvalue weighted by molar-refractivity contribution is 7.94. The molecule has 2 heterocycles. The number of aryl methyl sites for hydroxylation is 1. The summed E-state index contributed by atoms with van der Waals surface area (Å²) in [6.45, 7) is 10.7. The van der Waals surface area contributed by atoms with Gasteiger partial charge in [0.05, 0.1) is 19.9 Å². The number of hydrogen-bond acceptors (Lipinski definition) is 15. The monoisotopic (exact) mass is 1020 g/mol. The van der Waals surface area contributed by atoms with Crippen molar-refractivity contribution in [3.05, 3.63) is 124 Å². The van der Waals surface area contributed by atoms with E-state index in [0.717, 1.165) is 68.9 Å². The molecule has 364 valence electrons. The van der Waals surface area contributed by atoms with Crippen LogP contribution in [0.25, 0.3) is 0 Å². The summed E-state index contributed by atoms with van der Waals surface area (Å²) in [6, 6.07) is 16.7. The molecule has 0 radical (unpaired) electrons. The molecule has 3 aromatic carbocycles. The summed E-state index contributed by atoms with van der Waals surface area (Å²) < 4.78 is 120. The third kappa shape index (κ3) is 11.5. The molecule has 0 spiro atoms. The van der Waals surface area contributed by atoms with Gasteiger partial charge in [-0.05, 0) is 117 Å². The van der Waals surface area contributed by atoms with Gasteiger partial charge in [0.2, 0.25) is 5.71 Å². The van der Waals surface area contributed by atoms with Gasteiger partial charge in [0.1, 0.15) is 4.90 Å². The second-order valence-electron chi connectivity index (χ2n) is 18.2. The average Bonchev–Trinajstić information content (AvgIpc) is 3.81. The van der Waals surface area contributed by atoms with E-state index in [1.54, 1.807) is 48.5 Å². The lowest BCUT2D eigenvalue weighted by Gasteiger charge is -2.27. The number of rotatable bonds is 18. The van der Waals surface area contributed by atoms with E-state index in [-0.39, 0.29) is 21.1 Å². The molecule has 6 rings (SSSR count). The van der Waals surface area contributed by atoms with E-state index in [1.807, 2.05) is 69.9 Å². The molecule has 1 fully saturated rings. The largest absolute Gasteiger partial charge is 0.748 e. The second kappa shape index (κ2) is 20.1. The van der Waals surface area contributed by atoms with E-state index in [2.05, 4.69) is 14.3 Å². The highest BCUT2D eigenvalue weighted by atomic mass is 32.2. The molecule has 0 saturated heterocycles. The molecule has 1 saturated carbocycles. The fourth-order valence-corrected chi connectivity index (χ4v) is 12.6. The molecule has 15 nitrogen and oxygen atoms in total. The van der Waals surface area contributed by atoms with Gasteiger partial charge >= 0.3 is 10.0 Å². The molecule has 67 heavy (non-hydrogen) atoms. The number of hydrogen-bond donors (Lipinski definition) is 0. The lowest BCUT2D eigenvalue weighted by Crippen LogP contribution is -2.28. The standard InChI is InChI=1S/C47H59N3O12S5/c1-33-13-19-36(20-14-33)67(59,60)48(6)45-34(17-25-43-46(2,3)39-31-37(64(7,52)53)21-23-41(39)49(43)27-9-11-29-63-62-61-51)15-16-35(45)18-26-44-47(4,5)40-32-38(65(8,54)55)22-24-42(40)50(44)28-10-12-30-66(56,57)58/h13-14,17-26,31-32H,9-12,15-16,27-30H2,1-8H3,(H-,51,56,57,58)/p-1. The molecule has 1 aliphatic carbocycles. The van der Waals surface area contributed by atoms with Crippen molar-refractivity contribution in [2.45, 2.75) is 98.7 Å². The first kappa shape index (κ1) is 52.3. The molecule has 0 N–H and O–H groups in total. The molecular weight excluding hydrogens is 959 g/mol. The van der Waals surface area contributed by atoms with Gasteiger partial charge < -0.3 is 19.6 Å². The fourth-order valence-electron chi connectivity index (χ4n) is 9.07. The predicted molar refractivity (Wildman–Crippen MR) is 259 cm³/mol. The van der Waals surface area contributed by atoms with E-state index in [9.17, 15) is 43.5 Å². The third-order valence-corrected chi connectivity index (χ3v) is 18.1. The number of unbranched alkanes of at least 4 members (excludes halogenated alkanes) is 2. The first-order valence-corrected chi connectivity index (χ1v) is 29.4. The van der Waals surface area contributed by atoms with Crippen LogP contribution in [0.5, 0.6) is 0 Å². The minimum absolute atomic E-state index is 0.112. The van der Waals surface area contributed by atoms with E-state index in [4.69, 9.17) is 0 Å². The molecule has 3 aliphatic rings. The highest BCUT2D eigenvalue weighted by Gasteiger charge is 2.43. The van der Waals surface area contributed by atoms with Crippen molar-refractivity contribution in [1.29, 1.82) is 0 Å². The molecule has 0 aromatic heterocycles. The van der Waals surface area contributed by atoms with Crippen molar-refractivity contribution < 1.29 is 56.8 Å². The molecule has 3 aromatic rings. The Morgan fingerprint density at radius 3 is 1.55 bits per heavy atom. The lowest BCUT2D eigenvalue weighted by atomic mass is 9.83. The van der Waals surface area contributed by atoms with E-state index in [1.165, 1.54) is 23.4 Å². The Kier molecular flexibility index (Phi) is 15.7. The zero-order valence-electron chi connectivity index (χ0n) is 38.9. The number of sulfonamides is 1. The van der Waals surface area contributed by atoms with Crippen molar-refractivity contribution in [3.8, 4) is 0 Å². The van der Waals surface area contributed by atoms with Crippen LogP contribution in [0.1, 0.15) is 82.9 Å². The summed E-state index contributed by atoms with van der Waals surface area (Å²) in [7, 11) is -14.1. The summed E-state index contributed by atoms with van der Waals surface area (Å²) >= 11 is 0.908. The summed E-state index contributed by atoms with van der Waals surface area (Å²) in [5.74, 6) is -0.0163. The van der Waals surface area contributed by atoms with Crippen molar-refractivity contribution in [1.82, 2.24) is 0 Å². The SMILES string of the molecule is Cc1ccc(S(=O)(=O)/[N+](C)=C2C(=C/C=C3/N(CCCCSOO[O-])c4ccc(S(C)(=O)=O)cc4C3(C)C)/CCC/2=C\C=C2\N(CCCCS(=O)(=O)[O-])c3ccc(S(C)(=O)=O)cc3C2(C)C)cc1. The Hall–Kier alpha value is -4.12. The van der Waals surface area contributed by atoms with Crippen molar-refractivity contribution in [2.75, 3.05) is 54.0 Å². The summed E-state index contributed by atoms with van der Waals surface area (Å²) in [4.78, 5) is 4.61. The van der Waals surface area contributed by atoms with Gasteiger partial charge in [-0.1, -0.05) is 57.5 Å². The maximum absolute atomic E-state index is 14.5. The topological polar surface area (TPSA) is 211 Å². The Labute approximate surface area is 400 Å². The van der Waals surface area contributed by atoms with E-state index >= 15 is 0 Å². The fraction of sp³-hybridized carbons (Fsp3) is 0.426.